The fourth-order valence-corrected chi connectivity index (χ4v) is 2.72. The zero-order valence-electron chi connectivity index (χ0n) is 14.9. The molecule has 0 atom stereocenters. The molecule has 0 aliphatic carbocycles. The maximum Gasteiger partial charge on any atom is 0.337 e. The van der Waals surface area contributed by atoms with Crippen LogP contribution in [0.3, 0.4) is 0 Å². The highest BCUT2D eigenvalue weighted by Gasteiger charge is 2.04. The van der Waals surface area contributed by atoms with Gasteiger partial charge in [-0.25, -0.2) is 4.79 Å². The van der Waals surface area contributed by atoms with Crippen molar-refractivity contribution in [3.8, 4) is 0 Å². The third-order valence-electron chi connectivity index (χ3n) is 4.14. The summed E-state index contributed by atoms with van der Waals surface area (Å²) in [5.74, 6) is -0.285. The molecule has 0 fully saturated rings. The lowest BCUT2D eigenvalue weighted by molar-refractivity contribution is 0.0601. The second-order valence-corrected chi connectivity index (χ2v) is 6.18. The normalized spacial score (nSPS) is 10.5. The zero-order valence-corrected chi connectivity index (χ0v) is 14.9. The number of carbonyl (C=O) groups excluding carboxylic acids is 1. The highest BCUT2D eigenvalue weighted by Crippen LogP contribution is 2.13. The topological polar surface area (TPSA) is 38.3 Å². The Kier molecular flexibility index (Phi) is 11.0. The lowest BCUT2D eigenvalue weighted by Gasteiger charge is -2.08. The molecule has 0 aliphatic rings. The van der Waals surface area contributed by atoms with Crippen molar-refractivity contribution in [1.29, 1.82) is 0 Å². The number of benzene rings is 1. The summed E-state index contributed by atoms with van der Waals surface area (Å²) >= 11 is 0. The second-order valence-electron chi connectivity index (χ2n) is 6.18. The third-order valence-corrected chi connectivity index (χ3v) is 4.14. The van der Waals surface area contributed by atoms with Crippen LogP contribution in [-0.4, -0.2) is 19.6 Å². The van der Waals surface area contributed by atoms with Gasteiger partial charge in [-0.15, -0.1) is 0 Å². The number of anilines is 1. The molecule has 3 heteroatoms. The molecule has 1 rings (SSSR count). The van der Waals surface area contributed by atoms with Crippen molar-refractivity contribution >= 4 is 11.7 Å². The molecule has 0 aromatic heterocycles. The van der Waals surface area contributed by atoms with Crippen LogP contribution in [0.15, 0.2) is 24.3 Å². The van der Waals surface area contributed by atoms with E-state index in [-0.39, 0.29) is 5.97 Å². The Morgan fingerprint density at radius 3 is 2.17 bits per heavy atom. The number of esters is 1. The SMILES string of the molecule is CCCCCCCCCCCCNc1cccc(C(=O)OC)c1. The van der Waals surface area contributed by atoms with Crippen molar-refractivity contribution in [3.05, 3.63) is 29.8 Å². The molecule has 0 heterocycles. The Morgan fingerprint density at radius 2 is 1.57 bits per heavy atom. The van der Waals surface area contributed by atoms with Gasteiger partial charge in [0.2, 0.25) is 0 Å². The van der Waals surface area contributed by atoms with Crippen molar-refractivity contribution in [2.75, 3.05) is 19.0 Å². The third kappa shape index (κ3) is 9.27. The highest BCUT2D eigenvalue weighted by molar-refractivity contribution is 5.90. The highest BCUT2D eigenvalue weighted by atomic mass is 16.5. The van der Waals surface area contributed by atoms with E-state index in [0.29, 0.717) is 5.56 Å². The molecule has 130 valence electrons. The number of unbranched alkanes of at least 4 members (excludes halogenated alkanes) is 9. The summed E-state index contributed by atoms with van der Waals surface area (Å²) in [7, 11) is 1.41. The maximum atomic E-state index is 11.5. The van der Waals surface area contributed by atoms with Gasteiger partial charge in [0.05, 0.1) is 12.7 Å². The minimum absolute atomic E-state index is 0.285. The molecular weight excluding hydrogens is 286 g/mol. The van der Waals surface area contributed by atoms with E-state index in [1.807, 2.05) is 18.2 Å². The van der Waals surface area contributed by atoms with Crippen molar-refractivity contribution in [2.45, 2.75) is 71.1 Å². The monoisotopic (exact) mass is 319 g/mol. The van der Waals surface area contributed by atoms with Gasteiger partial charge in [0.25, 0.3) is 0 Å². The largest absolute Gasteiger partial charge is 0.465 e. The first-order valence-electron chi connectivity index (χ1n) is 9.20. The molecule has 23 heavy (non-hydrogen) atoms. The van der Waals surface area contributed by atoms with E-state index in [1.54, 1.807) is 6.07 Å². The fraction of sp³-hybridized carbons (Fsp3) is 0.650. The molecule has 0 amide bonds. The number of ether oxygens (including phenoxy) is 1. The van der Waals surface area contributed by atoms with Gasteiger partial charge in [-0.3, -0.25) is 0 Å². The Hall–Kier alpha value is -1.51. The van der Waals surface area contributed by atoms with Crippen LogP contribution in [-0.2, 0) is 4.74 Å². The van der Waals surface area contributed by atoms with Crippen LogP contribution in [0, 0.1) is 0 Å². The number of carbonyl (C=O) groups is 1. The number of hydrogen-bond donors (Lipinski definition) is 1. The lowest BCUT2D eigenvalue weighted by Crippen LogP contribution is -2.04. The molecule has 0 spiro atoms. The van der Waals surface area contributed by atoms with E-state index in [0.717, 1.165) is 12.2 Å². The summed E-state index contributed by atoms with van der Waals surface area (Å²) in [6.45, 7) is 3.22. The molecule has 0 saturated heterocycles. The molecule has 1 aromatic carbocycles. The molecule has 1 N–H and O–H groups in total. The Bertz CT molecular complexity index is 431. The van der Waals surface area contributed by atoms with Crippen molar-refractivity contribution in [3.63, 3.8) is 0 Å². The maximum absolute atomic E-state index is 11.5. The Labute approximate surface area is 141 Å². The van der Waals surface area contributed by atoms with Crippen LogP contribution < -0.4 is 5.32 Å². The van der Waals surface area contributed by atoms with Gasteiger partial charge in [-0.05, 0) is 24.6 Å². The average Bonchev–Trinajstić information content (AvgIpc) is 2.59. The minimum atomic E-state index is -0.285. The van der Waals surface area contributed by atoms with Crippen molar-refractivity contribution < 1.29 is 9.53 Å². The van der Waals surface area contributed by atoms with Crippen LogP contribution in [0.2, 0.25) is 0 Å². The molecule has 0 bridgehead atoms. The quantitative estimate of drug-likeness (QED) is 0.368. The Balaban J connectivity index is 2.02. The number of hydrogen-bond acceptors (Lipinski definition) is 3. The van der Waals surface area contributed by atoms with Gasteiger partial charge < -0.3 is 10.1 Å². The number of nitrogens with one attached hydrogen (secondary N) is 1. The van der Waals surface area contributed by atoms with Gasteiger partial charge in [0.1, 0.15) is 0 Å². The van der Waals surface area contributed by atoms with E-state index in [4.69, 9.17) is 4.74 Å². The summed E-state index contributed by atoms with van der Waals surface area (Å²) in [4.78, 5) is 11.5. The molecule has 0 aliphatic heterocycles. The molecule has 0 radical (unpaired) electrons. The van der Waals surface area contributed by atoms with E-state index in [9.17, 15) is 4.79 Å². The van der Waals surface area contributed by atoms with E-state index >= 15 is 0 Å². The van der Waals surface area contributed by atoms with Crippen molar-refractivity contribution in [1.82, 2.24) is 0 Å². The second kappa shape index (κ2) is 13.0. The number of rotatable bonds is 13. The van der Waals surface area contributed by atoms with Gasteiger partial charge in [0.15, 0.2) is 0 Å². The molecule has 3 nitrogen and oxygen atoms in total. The van der Waals surface area contributed by atoms with Gasteiger partial charge in [-0.2, -0.15) is 0 Å². The Morgan fingerprint density at radius 1 is 0.957 bits per heavy atom. The average molecular weight is 319 g/mol. The van der Waals surface area contributed by atoms with Crippen LogP contribution in [0.4, 0.5) is 5.69 Å². The van der Waals surface area contributed by atoms with E-state index in [2.05, 4.69) is 12.2 Å². The minimum Gasteiger partial charge on any atom is -0.465 e. The van der Waals surface area contributed by atoms with Crippen LogP contribution in [0.25, 0.3) is 0 Å². The summed E-state index contributed by atoms with van der Waals surface area (Å²) in [6.07, 6.45) is 13.5. The molecular formula is C20H33NO2. The summed E-state index contributed by atoms with van der Waals surface area (Å²) in [5.41, 5.74) is 1.59. The van der Waals surface area contributed by atoms with Crippen LogP contribution >= 0.6 is 0 Å². The fourth-order valence-electron chi connectivity index (χ4n) is 2.72. The number of methoxy groups -OCH3 is 1. The molecule has 0 unspecified atom stereocenters. The summed E-state index contributed by atoms with van der Waals surface area (Å²) in [5, 5.41) is 3.38. The lowest BCUT2D eigenvalue weighted by atomic mass is 10.1. The smallest absolute Gasteiger partial charge is 0.337 e. The first-order chi connectivity index (χ1) is 11.3. The summed E-state index contributed by atoms with van der Waals surface area (Å²) < 4.78 is 4.74. The predicted molar refractivity (Wildman–Crippen MR) is 98.1 cm³/mol. The standard InChI is InChI=1S/C20H33NO2/c1-3-4-5-6-7-8-9-10-11-12-16-21-19-15-13-14-18(17-19)20(22)23-2/h13-15,17,21H,3-12,16H2,1-2H3. The predicted octanol–water partition coefficient (Wildman–Crippen LogP) is 5.81. The first kappa shape index (κ1) is 19.5. The molecule has 1 aromatic rings. The van der Waals surface area contributed by atoms with E-state index in [1.165, 1.54) is 71.3 Å². The van der Waals surface area contributed by atoms with Crippen molar-refractivity contribution in [2.24, 2.45) is 0 Å². The zero-order chi connectivity index (χ0) is 16.8. The van der Waals surface area contributed by atoms with Gasteiger partial charge >= 0.3 is 5.97 Å². The molecule has 0 saturated carbocycles. The van der Waals surface area contributed by atoms with Crippen LogP contribution in [0.5, 0.6) is 0 Å². The van der Waals surface area contributed by atoms with Crippen LogP contribution in [0.1, 0.15) is 81.5 Å². The van der Waals surface area contributed by atoms with Gasteiger partial charge in [0, 0.05) is 12.2 Å². The van der Waals surface area contributed by atoms with Gasteiger partial charge in [-0.1, -0.05) is 70.8 Å². The first-order valence-corrected chi connectivity index (χ1v) is 9.20. The van der Waals surface area contributed by atoms with E-state index < -0.39 is 0 Å². The summed E-state index contributed by atoms with van der Waals surface area (Å²) in [6, 6.07) is 7.50.